The summed E-state index contributed by atoms with van der Waals surface area (Å²) in [7, 11) is -2.02. The molecule has 0 unspecified atom stereocenters. The van der Waals surface area contributed by atoms with Crippen LogP contribution < -0.4 is 5.32 Å². The van der Waals surface area contributed by atoms with E-state index in [0.29, 0.717) is 13.1 Å². The maximum absolute atomic E-state index is 12.3. The maximum atomic E-state index is 12.3. The molecule has 130 valence electrons. The van der Waals surface area contributed by atoms with E-state index in [1.807, 2.05) is 0 Å². The Morgan fingerprint density at radius 2 is 1.96 bits per heavy atom. The fourth-order valence-corrected chi connectivity index (χ4v) is 3.74. The summed E-state index contributed by atoms with van der Waals surface area (Å²) in [6, 6.07) is 6.16. The van der Waals surface area contributed by atoms with Crippen LogP contribution in [0.5, 0.6) is 0 Å². The van der Waals surface area contributed by atoms with Gasteiger partial charge in [0, 0.05) is 32.4 Å². The third-order valence-electron chi connectivity index (χ3n) is 3.94. The van der Waals surface area contributed by atoms with E-state index in [1.165, 1.54) is 29.6 Å². The SMILES string of the molecule is C=CCN1CC[C@H](Nc2ccc(S(=O)(=O)N(C)CC=C)cc2)C1=O. The quantitative estimate of drug-likeness (QED) is 0.725. The fourth-order valence-electron chi connectivity index (χ4n) is 2.59. The molecule has 1 N–H and O–H groups in total. The van der Waals surface area contributed by atoms with Crippen LogP contribution in [-0.2, 0) is 14.8 Å². The number of hydrogen-bond acceptors (Lipinski definition) is 4. The van der Waals surface area contributed by atoms with Crippen molar-refractivity contribution in [2.75, 3.05) is 32.0 Å². The number of likely N-dealkylation sites (N-methyl/N-ethyl adjacent to an activating group) is 1. The maximum Gasteiger partial charge on any atom is 0.245 e. The molecule has 24 heavy (non-hydrogen) atoms. The molecule has 1 aromatic carbocycles. The van der Waals surface area contributed by atoms with Crippen LogP contribution in [0, 0.1) is 0 Å². The highest BCUT2D eigenvalue weighted by Gasteiger charge is 2.30. The summed E-state index contributed by atoms with van der Waals surface area (Å²) in [6.07, 6.45) is 3.96. The molecule has 0 aromatic heterocycles. The van der Waals surface area contributed by atoms with Crippen LogP contribution in [0.3, 0.4) is 0 Å². The normalized spacial score (nSPS) is 18.0. The van der Waals surface area contributed by atoms with Crippen molar-refractivity contribution in [3.05, 3.63) is 49.6 Å². The number of rotatable bonds is 8. The molecule has 1 heterocycles. The molecule has 1 saturated heterocycles. The fraction of sp³-hybridized carbons (Fsp3) is 0.353. The smallest absolute Gasteiger partial charge is 0.245 e. The van der Waals surface area contributed by atoms with Crippen LogP contribution >= 0.6 is 0 Å². The molecule has 7 heteroatoms. The minimum Gasteiger partial charge on any atom is -0.374 e. The zero-order valence-corrected chi connectivity index (χ0v) is 14.6. The van der Waals surface area contributed by atoms with Gasteiger partial charge in [-0.05, 0) is 30.7 Å². The Hall–Kier alpha value is -2.12. The molecule has 0 bridgehead atoms. The zero-order valence-electron chi connectivity index (χ0n) is 13.8. The third-order valence-corrected chi connectivity index (χ3v) is 5.77. The molecule has 1 amide bonds. The lowest BCUT2D eigenvalue weighted by molar-refractivity contribution is -0.127. The number of nitrogens with one attached hydrogen (secondary N) is 1. The van der Waals surface area contributed by atoms with Crippen LogP contribution in [0.1, 0.15) is 6.42 Å². The highest BCUT2D eigenvalue weighted by atomic mass is 32.2. The number of nitrogens with zero attached hydrogens (tertiary/aromatic N) is 2. The van der Waals surface area contributed by atoms with Gasteiger partial charge in [0.05, 0.1) is 4.90 Å². The van der Waals surface area contributed by atoms with Gasteiger partial charge >= 0.3 is 0 Å². The van der Waals surface area contributed by atoms with Crippen molar-refractivity contribution in [3.63, 3.8) is 0 Å². The first kappa shape index (κ1) is 18.2. The van der Waals surface area contributed by atoms with E-state index >= 15 is 0 Å². The molecule has 0 aliphatic carbocycles. The highest BCUT2D eigenvalue weighted by molar-refractivity contribution is 7.89. The van der Waals surface area contributed by atoms with Gasteiger partial charge in [-0.15, -0.1) is 13.2 Å². The lowest BCUT2D eigenvalue weighted by Crippen LogP contribution is -2.33. The Morgan fingerprint density at radius 1 is 1.29 bits per heavy atom. The zero-order chi connectivity index (χ0) is 17.7. The van der Waals surface area contributed by atoms with Crippen molar-refractivity contribution in [1.29, 1.82) is 0 Å². The molecule has 6 nitrogen and oxygen atoms in total. The first-order valence-electron chi connectivity index (χ1n) is 7.73. The largest absolute Gasteiger partial charge is 0.374 e. The van der Waals surface area contributed by atoms with Crippen molar-refractivity contribution in [2.24, 2.45) is 0 Å². The third kappa shape index (κ3) is 3.85. The summed E-state index contributed by atoms with van der Waals surface area (Å²) >= 11 is 0. The van der Waals surface area contributed by atoms with Crippen molar-refractivity contribution >= 4 is 21.6 Å². The van der Waals surface area contributed by atoms with Crippen LogP contribution in [0.2, 0.25) is 0 Å². The molecule has 1 aromatic rings. The van der Waals surface area contributed by atoms with E-state index < -0.39 is 10.0 Å². The van der Waals surface area contributed by atoms with Gasteiger partial charge in [0.2, 0.25) is 15.9 Å². The summed E-state index contributed by atoms with van der Waals surface area (Å²) in [5.41, 5.74) is 0.721. The molecule has 1 atom stereocenters. The Morgan fingerprint density at radius 3 is 2.54 bits per heavy atom. The van der Waals surface area contributed by atoms with E-state index in [-0.39, 0.29) is 23.4 Å². The van der Waals surface area contributed by atoms with E-state index in [1.54, 1.807) is 23.1 Å². The molecule has 1 fully saturated rings. The number of carbonyl (C=O) groups excluding carboxylic acids is 1. The van der Waals surface area contributed by atoms with Crippen LogP contribution in [0.25, 0.3) is 0 Å². The minimum atomic E-state index is -3.52. The Balaban J connectivity index is 2.06. The Bertz CT molecular complexity index is 713. The molecule has 2 rings (SSSR count). The van der Waals surface area contributed by atoms with Gasteiger partial charge in [0.1, 0.15) is 6.04 Å². The van der Waals surface area contributed by atoms with Gasteiger partial charge in [-0.2, -0.15) is 4.31 Å². The predicted octanol–water partition coefficient (Wildman–Crippen LogP) is 1.69. The monoisotopic (exact) mass is 349 g/mol. The topological polar surface area (TPSA) is 69.7 Å². The lowest BCUT2D eigenvalue weighted by Gasteiger charge is -2.17. The molecule has 1 aliphatic rings. The molecular weight excluding hydrogens is 326 g/mol. The summed E-state index contributed by atoms with van der Waals surface area (Å²) < 4.78 is 25.9. The van der Waals surface area contributed by atoms with Crippen LogP contribution in [0.15, 0.2) is 54.5 Å². The van der Waals surface area contributed by atoms with E-state index in [2.05, 4.69) is 18.5 Å². The Labute approximate surface area is 143 Å². The first-order valence-corrected chi connectivity index (χ1v) is 9.17. The van der Waals surface area contributed by atoms with Crippen molar-refractivity contribution in [1.82, 2.24) is 9.21 Å². The number of benzene rings is 1. The van der Waals surface area contributed by atoms with Gasteiger partial charge in [-0.25, -0.2) is 8.42 Å². The van der Waals surface area contributed by atoms with Crippen molar-refractivity contribution in [3.8, 4) is 0 Å². The van der Waals surface area contributed by atoms with E-state index in [0.717, 1.165) is 12.1 Å². The van der Waals surface area contributed by atoms with Crippen LogP contribution in [-0.4, -0.2) is 56.3 Å². The van der Waals surface area contributed by atoms with Gasteiger partial charge < -0.3 is 10.2 Å². The summed E-state index contributed by atoms with van der Waals surface area (Å²) in [6.45, 7) is 8.68. The Kier molecular flexibility index (Phi) is 5.80. The molecule has 0 spiro atoms. The standard InChI is InChI=1S/C17H23N3O3S/c1-4-11-19(3)24(22,23)15-8-6-14(7-9-15)18-16-10-13-20(12-5-2)17(16)21/h4-9,16,18H,1-2,10-13H2,3H3/t16-/m0/s1. The van der Waals surface area contributed by atoms with E-state index in [9.17, 15) is 13.2 Å². The second kappa shape index (κ2) is 7.63. The van der Waals surface area contributed by atoms with Crippen molar-refractivity contribution < 1.29 is 13.2 Å². The molecule has 0 radical (unpaired) electrons. The lowest BCUT2D eigenvalue weighted by atomic mass is 10.2. The average molecular weight is 349 g/mol. The average Bonchev–Trinajstić information content (AvgIpc) is 2.89. The minimum absolute atomic E-state index is 0.0392. The highest BCUT2D eigenvalue weighted by Crippen LogP contribution is 2.20. The number of anilines is 1. The molecule has 0 saturated carbocycles. The number of carbonyl (C=O) groups is 1. The second-order valence-electron chi connectivity index (χ2n) is 5.66. The first-order chi connectivity index (χ1) is 11.4. The van der Waals surface area contributed by atoms with Gasteiger partial charge in [0.15, 0.2) is 0 Å². The van der Waals surface area contributed by atoms with Crippen molar-refractivity contribution in [2.45, 2.75) is 17.4 Å². The van der Waals surface area contributed by atoms with E-state index in [4.69, 9.17) is 0 Å². The predicted molar refractivity (Wildman–Crippen MR) is 95.3 cm³/mol. The number of sulfonamides is 1. The summed E-state index contributed by atoms with van der Waals surface area (Å²) in [5.74, 6) is 0.0392. The van der Waals surface area contributed by atoms with Gasteiger partial charge in [-0.3, -0.25) is 4.79 Å². The van der Waals surface area contributed by atoms with Crippen LogP contribution in [0.4, 0.5) is 5.69 Å². The summed E-state index contributed by atoms with van der Waals surface area (Å²) in [5, 5.41) is 3.16. The van der Waals surface area contributed by atoms with Gasteiger partial charge in [0.25, 0.3) is 0 Å². The summed E-state index contributed by atoms with van der Waals surface area (Å²) in [4.78, 5) is 14.1. The molecular formula is C17H23N3O3S. The number of likely N-dealkylation sites (tertiary alicyclic amines) is 1. The molecule has 1 aliphatic heterocycles. The number of amides is 1. The van der Waals surface area contributed by atoms with Gasteiger partial charge in [-0.1, -0.05) is 12.2 Å². The number of hydrogen-bond donors (Lipinski definition) is 1. The second-order valence-corrected chi connectivity index (χ2v) is 7.70.